The van der Waals surface area contributed by atoms with E-state index in [4.69, 9.17) is 0 Å². The first-order valence-corrected chi connectivity index (χ1v) is 9.79. The fourth-order valence-corrected chi connectivity index (χ4v) is 3.71. The first-order valence-electron chi connectivity index (χ1n) is 9.79. The topological polar surface area (TPSA) is 79.2 Å². The number of rotatable bonds is 4. The summed E-state index contributed by atoms with van der Waals surface area (Å²) in [6.07, 6.45) is -4.33. The molecule has 1 aliphatic heterocycles. The molecule has 0 aliphatic carbocycles. The molecular formula is C22H21F3N4O2. The molecule has 31 heavy (non-hydrogen) atoms. The van der Waals surface area contributed by atoms with Crippen LogP contribution in [0.1, 0.15) is 53.0 Å². The maximum atomic E-state index is 13.8. The minimum absolute atomic E-state index is 0.0114. The summed E-state index contributed by atoms with van der Waals surface area (Å²) in [5.41, 5.74) is 1.73. The monoisotopic (exact) mass is 430 g/mol. The van der Waals surface area contributed by atoms with E-state index in [2.05, 4.69) is 15.7 Å². The molecule has 9 heteroatoms. The van der Waals surface area contributed by atoms with Crippen LogP contribution in [0, 0.1) is 0 Å². The van der Waals surface area contributed by atoms with Gasteiger partial charge < -0.3 is 15.7 Å². The zero-order chi connectivity index (χ0) is 22.2. The lowest BCUT2D eigenvalue weighted by Crippen LogP contribution is -2.36. The molecule has 0 unspecified atom stereocenters. The number of halogens is 3. The lowest BCUT2D eigenvalue weighted by Gasteiger charge is -2.34. The smallest absolute Gasteiger partial charge is 0.389 e. The number of anilines is 2. The Morgan fingerprint density at radius 1 is 1.23 bits per heavy atom. The lowest BCUT2D eigenvalue weighted by molar-refractivity contribution is -0.173. The molecule has 3 N–H and O–H groups in total. The molecule has 1 aromatic heterocycles. The fraction of sp³-hybridized carbons (Fsp3) is 0.273. The molecule has 3 atom stereocenters. The van der Waals surface area contributed by atoms with Gasteiger partial charge in [0.25, 0.3) is 5.91 Å². The number of hydrogen-bond acceptors (Lipinski definition) is 4. The minimum Gasteiger partial charge on any atom is -0.389 e. The largest absolute Gasteiger partial charge is 0.410 e. The van der Waals surface area contributed by atoms with Crippen molar-refractivity contribution < 1.29 is 23.1 Å². The summed E-state index contributed by atoms with van der Waals surface area (Å²) in [5, 5.41) is 19.3. The first kappa shape index (κ1) is 20.9. The number of nitrogens with zero attached hydrogens (tertiary/aromatic N) is 2. The van der Waals surface area contributed by atoms with E-state index in [1.807, 2.05) is 0 Å². The minimum atomic E-state index is -4.52. The third kappa shape index (κ3) is 4.27. The van der Waals surface area contributed by atoms with Crippen molar-refractivity contribution in [1.82, 2.24) is 9.78 Å². The van der Waals surface area contributed by atoms with E-state index in [1.165, 1.54) is 0 Å². The molecule has 2 heterocycles. The summed E-state index contributed by atoms with van der Waals surface area (Å²) in [4.78, 5) is 12.9. The molecule has 1 amide bonds. The summed E-state index contributed by atoms with van der Waals surface area (Å²) < 4.78 is 42.2. The normalized spacial score (nSPS) is 19.3. The molecule has 0 fully saturated rings. The van der Waals surface area contributed by atoms with E-state index in [-0.39, 0.29) is 17.8 Å². The van der Waals surface area contributed by atoms with Crippen LogP contribution in [0.4, 0.5) is 24.7 Å². The lowest BCUT2D eigenvalue weighted by atomic mass is 9.96. The van der Waals surface area contributed by atoms with Crippen molar-refractivity contribution in [2.45, 2.75) is 37.7 Å². The van der Waals surface area contributed by atoms with E-state index in [0.717, 1.165) is 10.9 Å². The van der Waals surface area contributed by atoms with Crippen LogP contribution in [-0.4, -0.2) is 27.0 Å². The van der Waals surface area contributed by atoms with Crippen LogP contribution in [0.2, 0.25) is 0 Å². The second kappa shape index (κ2) is 8.07. The third-order valence-corrected chi connectivity index (χ3v) is 5.31. The maximum Gasteiger partial charge on any atom is 0.410 e. The van der Waals surface area contributed by atoms with Crippen molar-refractivity contribution in [2.75, 3.05) is 10.6 Å². The summed E-state index contributed by atoms with van der Waals surface area (Å²) in [6, 6.07) is 13.0. The Morgan fingerprint density at radius 3 is 2.65 bits per heavy atom. The summed E-state index contributed by atoms with van der Waals surface area (Å²) in [5.74, 6) is -0.572. The van der Waals surface area contributed by atoms with Crippen molar-refractivity contribution in [3.63, 3.8) is 0 Å². The number of aliphatic hydroxyl groups is 1. The Balaban J connectivity index is 1.67. The van der Waals surface area contributed by atoms with Gasteiger partial charge in [-0.05, 0) is 30.2 Å². The van der Waals surface area contributed by atoms with E-state index < -0.39 is 30.3 Å². The summed E-state index contributed by atoms with van der Waals surface area (Å²) >= 11 is 0. The zero-order valence-corrected chi connectivity index (χ0v) is 16.6. The second-order valence-electron chi connectivity index (χ2n) is 7.51. The van der Waals surface area contributed by atoms with Crippen LogP contribution >= 0.6 is 0 Å². The van der Waals surface area contributed by atoms with Crippen molar-refractivity contribution in [2.24, 2.45) is 0 Å². The average Bonchev–Trinajstić information content (AvgIpc) is 3.17. The number of aliphatic hydroxyl groups excluding tert-OH is 1. The van der Waals surface area contributed by atoms with Crippen molar-refractivity contribution in [3.8, 4) is 0 Å². The van der Waals surface area contributed by atoms with Crippen LogP contribution < -0.4 is 10.6 Å². The van der Waals surface area contributed by atoms with Crippen molar-refractivity contribution in [1.29, 1.82) is 0 Å². The van der Waals surface area contributed by atoms with Crippen LogP contribution in [0.25, 0.3) is 0 Å². The molecule has 0 saturated carbocycles. The first-order chi connectivity index (χ1) is 14.7. The molecule has 6 nitrogen and oxygen atoms in total. The van der Waals surface area contributed by atoms with Gasteiger partial charge in [0.2, 0.25) is 0 Å². The van der Waals surface area contributed by atoms with Crippen LogP contribution in [0.5, 0.6) is 0 Å². The number of hydrogen-bond donors (Lipinski definition) is 3. The van der Waals surface area contributed by atoms with Crippen LogP contribution in [0.15, 0.2) is 60.8 Å². The molecule has 2 aromatic carbocycles. The number of carbonyl (C=O) groups is 1. The molecule has 0 radical (unpaired) electrons. The Morgan fingerprint density at radius 2 is 1.97 bits per heavy atom. The number of carbonyl (C=O) groups excluding carboxylic acids is 1. The van der Waals surface area contributed by atoms with E-state index in [9.17, 15) is 23.1 Å². The van der Waals surface area contributed by atoms with Gasteiger partial charge in [-0.2, -0.15) is 18.3 Å². The number of amides is 1. The van der Waals surface area contributed by atoms with Gasteiger partial charge in [0.1, 0.15) is 11.4 Å². The summed E-state index contributed by atoms with van der Waals surface area (Å²) in [6.45, 7) is 1.60. The van der Waals surface area contributed by atoms with Gasteiger partial charge in [-0.15, -0.1) is 0 Å². The molecule has 0 spiro atoms. The van der Waals surface area contributed by atoms with Gasteiger partial charge in [0, 0.05) is 12.1 Å². The number of nitrogens with one attached hydrogen (secondary N) is 2. The van der Waals surface area contributed by atoms with E-state index >= 15 is 0 Å². The molecule has 0 bridgehead atoms. The standard InChI is InChI=1S/C22H21F3N4O2/c1-13(30)15-8-5-9-16(10-15)27-21(31)17-12-26-29-19(22(23,24)25)11-18(28-20(17)29)14-6-3-2-4-7-14/h2-10,12-13,18-19,28,30H,11H2,1H3,(H,27,31)/t13-,18+,19-/m0/s1. The Hall–Kier alpha value is -3.33. The SMILES string of the molecule is C[C@H](O)c1cccc(NC(=O)c2cnn3c2N[C@@H](c2ccccc2)C[C@H]3C(F)(F)F)c1. The number of alkyl halides is 3. The van der Waals surface area contributed by atoms with Crippen molar-refractivity contribution in [3.05, 3.63) is 77.5 Å². The van der Waals surface area contributed by atoms with Gasteiger partial charge >= 0.3 is 6.18 Å². The predicted molar refractivity (Wildman–Crippen MR) is 110 cm³/mol. The Labute approximate surface area is 176 Å². The second-order valence-corrected chi connectivity index (χ2v) is 7.51. The van der Waals surface area contributed by atoms with Crippen LogP contribution in [-0.2, 0) is 0 Å². The highest BCUT2D eigenvalue weighted by Gasteiger charge is 2.47. The van der Waals surface area contributed by atoms with Crippen LogP contribution in [0.3, 0.4) is 0 Å². The number of fused-ring (bicyclic) bond motifs is 1. The highest BCUT2D eigenvalue weighted by Crippen LogP contribution is 2.44. The van der Waals surface area contributed by atoms with E-state index in [0.29, 0.717) is 16.8 Å². The molecule has 3 aromatic rings. The summed E-state index contributed by atoms with van der Waals surface area (Å²) in [7, 11) is 0. The van der Waals surface area contributed by atoms with Gasteiger partial charge in [-0.1, -0.05) is 42.5 Å². The average molecular weight is 430 g/mol. The molecule has 4 rings (SSSR count). The van der Waals surface area contributed by atoms with Gasteiger partial charge in [0.15, 0.2) is 6.04 Å². The molecule has 0 saturated heterocycles. The quantitative estimate of drug-likeness (QED) is 0.553. The number of benzene rings is 2. The Bertz CT molecular complexity index is 1080. The number of aromatic nitrogens is 2. The predicted octanol–water partition coefficient (Wildman–Crippen LogP) is 4.85. The fourth-order valence-electron chi connectivity index (χ4n) is 3.71. The highest BCUT2D eigenvalue weighted by atomic mass is 19.4. The van der Waals surface area contributed by atoms with E-state index in [1.54, 1.807) is 61.5 Å². The zero-order valence-electron chi connectivity index (χ0n) is 16.6. The Kier molecular flexibility index (Phi) is 5.45. The molecular weight excluding hydrogens is 409 g/mol. The van der Waals surface area contributed by atoms with Gasteiger partial charge in [-0.3, -0.25) is 4.79 Å². The maximum absolute atomic E-state index is 13.8. The van der Waals surface area contributed by atoms with Gasteiger partial charge in [0.05, 0.1) is 18.3 Å². The molecule has 1 aliphatic rings. The molecule has 162 valence electrons. The third-order valence-electron chi connectivity index (χ3n) is 5.31. The highest BCUT2D eigenvalue weighted by molar-refractivity contribution is 6.07. The van der Waals surface area contributed by atoms with Gasteiger partial charge in [-0.25, -0.2) is 4.68 Å². The van der Waals surface area contributed by atoms with Crippen molar-refractivity contribution >= 4 is 17.4 Å².